The molecule has 0 aromatic heterocycles. The monoisotopic (exact) mass is 286 g/mol. The van der Waals surface area contributed by atoms with Crippen LogP contribution in [-0.2, 0) is 4.79 Å². The van der Waals surface area contributed by atoms with Crippen LogP contribution in [0, 0.1) is 0 Å². The predicted octanol–water partition coefficient (Wildman–Crippen LogP) is 2.90. The van der Waals surface area contributed by atoms with Crippen molar-refractivity contribution in [2.75, 3.05) is 25.4 Å². The Morgan fingerprint density at radius 2 is 2.16 bits per heavy atom. The zero-order valence-corrected chi connectivity index (χ0v) is 13.8. The molecule has 0 saturated carbocycles. The maximum Gasteiger partial charge on any atom is 0.232 e. The van der Waals surface area contributed by atoms with Crippen LogP contribution in [0.4, 0.5) is 0 Å². The first kappa shape index (κ1) is 16.8. The van der Waals surface area contributed by atoms with Gasteiger partial charge in [0.25, 0.3) is 0 Å². The molecule has 1 fully saturated rings. The molecule has 0 aromatic carbocycles. The van der Waals surface area contributed by atoms with Crippen molar-refractivity contribution in [2.45, 2.75) is 64.2 Å². The zero-order valence-electron chi connectivity index (χ0n) is 13.0. The van der Waals surface area contributed by atoms with Crippen molar-refractivity contribution in [3.05, 3.63) is 0 Å². The van der Waals surface area contributed by atoms with E-state index >= 15 is 0 Å². The van der Waals surface area contributed by atoms with Crippen LogP contribution < -0.4 is 5.32 Å². The Balaban J connectivity index is 2.43. The third-order valence-corrected chi connectivity index (χ3v) is 4.62. The van der Waals surface area contributed by atoms with Gasteiger partial charge >= 0.3 is 0 Å². The van der Waals surface area contributed by atoms with Gasteiger partial charge in [0.15, 0.2) is 0 Å². The van der Waals surface area contributed by atoms with Crippen LogP contribution in [0.15, 0.2) is 0 Å². The topological polar surface area (TPSA) is 32.3 Å². The molecular formula is C15H30N2OS. The van der Waals surface area contributed by atoms with E-state index in [-0.39, 0.29) is 4.75 Å². The number of rotatable bonds is 7. The van der Waals surface area contributed by atoms with E-state index in [1.165, 1.54) is 12.8 Å². The number of hydrogen-bond acceptors (Lipinski definition) is 3. The average Bonchev–Trinajstić information content (AvgIpc) is 2.83. The molecule has 0 aliphatic carbocycles. The van der Waals surface area contributed by atoms with E-state index in [1.54, 1.807) is 11.8 Å². The van der Waals surface area contributed by atoms with Crippen molar-refractivity contribution >= 4 is 17.7 Å². The summed E-state index contributed by atoms with van der Waals surface area (Å²) in [7, 11) is 0. The highest BCUT2D eigenvalue weighted by atomic mass is 32.2. The number of nitrogens with zero attached hydrogens (tertiary/aromatic N) is 1. The lowest BCUT2D eigenvalue weighted by atomic mass is 10.2. The number of carbonyl (C=O) groups excluding carboxylic acids is 1. The maximum atomic E-state index is 12.4. The van der Waals surface area contributed by atoms with E-state index in [1.807, 2.05) is 0 Å². The number of nitrogens with one attached hydrogen (secondary N) is 1. The second-order valence-electron chi connectivity index (χ2n) is 6.39. The molecule has 1 rings (SSSR count). The molecule has 1 N–H and O–H groups in total. The molecule has 0 spiro atoms. The molecule has 1 saturated heterocycles. The zero-order chi connectivity index (χ0) is 14.3. The SMILES string of the molecule is CCCCN(CC1CCCN1)C(=O)CSC(C)(C)C. The van der Waals surface area contributed by atoms with Gasteiger partial charge in [-0.3, -0.25) is 4.79 Å². The summed E-state index contributed by atoms with van der Waals surface area (Å²) in [5, 5.41) is 3.49. The Kier molecular flexibility index (Phi) is 7.22. The van der Waals surface area contributed by atoms with Gasteiger partial charge in [0.05, 0.1) is 5.75 Å². The summed E-state index contributed by atoms with van der Waals surface area (Å²) in [4.78, 5) is 14.4. The van der Waals surface area contributed by atoms with Crippen LogP contribution in [0.2, 0.25) is 0 Å². The Morgan fingerprint density at radius 1 is 1.42 bits per heavy atom. The van der Waals surface area contributed by atoms with Gasteiger partial charge in [-0.05, 0) is 25.8 Å². The first-order chi connectivity index (χ1) is 8.92. The number of amides is 1. The number of unbranched alkanes of at least 4 members (excludes halogenated alkanes) is 1. The normalized spacial score (nSPS) is 19.7. The Morgan fingerprint density at radius 3 is 2.68 bits per heavy atom. The van der Waals surface area contributed by atoms with Gasteiger partial charge in [-0.1, -0.05) is 34.1 Å². The van der Waals surface area contributed by atoms with Gasteiger partial charge in [-0.2, -0.15) is 0 Å². The lowest BCUT2D eigenvalue weighted by Gasteiger charge is -2.27. The van der Waals surface area contributed by atoms with Crippen LogP contribution in [0.1, 0.15) is 53.4 Å². The molecule has 1 atom stereocenters. The van der Waals surface area contributed by atoms with Crippen molar-refractivity contribution in [3.8, 4) is 0 Å². The van der Waals surface area contributed by atoms with Crippen molar-refractivity contribution in [1.82, 2.24) is 10.2 Å². The maximum absolute atomic E-state index is 12.4. The van der Waals surface area contributed by atoms with Crippen LogP contribution in [0.25, 0.3) is 0 Å². The molecule has 3 nitrogen and oxygen atoms in total. The van der Waals surface area contributed by atoms with Gasteiger partial charge < -0.3 is 10.2 Å². The van der Waals surface area contributed by atoms with Gasteiger partial charge in [0, 0.05) is 23.9 Å². The number of thioether (sulfide) groups is 1. The summed E-state index contributed by atoms with van der Waals surface area (Å²) in [6.07, 6.45) is 4.71. The Labute approximate surface area is 122 Å². The van der Waals surface area contributed by atoms with Gasteiger partial charge in [-0.15, -0.1) is 11.8 Å². The van der Waals surface area contributed by atoms with Crippen LogP contribution in [0.5, 0.6) is 0 Å². The van der Waals surface area contributed by atoms with Crippen LogP contribution >= 0.6 is 11.8 Å². The highest BCUT2D eigenvalue weighted by Crippen LogP contribution is 2.23. The number of carbonyl (C=O) groups is 1. The molecule has 1 aliphatic heterocycles. The lowest BCUT2D eigenvalue weighted by molar-refractivity contribution is -0.128. The van der Waals surface area contributed by atoms with E-state index in [2.05, 4.69) is 37.9 Å². The smallest absolute Gasteiger partial charge is 0.232 e. The first-order valence-corrected chi connectivity index (χ1v) is 8.56. The minimum absolute atomic E-state index is 0.164. The van der Waals surface area contributed by atoms with Crippen LogP contribution in [0.3, 0.4) is 0 Å². The Hall–Kier alpha value is -0.220. The third-order valence-electron chi connectivity index (χ3n) is 3.37. The lowest BCUT2D eigenvalue weighted by Crippen LogP contribution is -2.42. The minimum atomic E-state index is 0.164. The molecule has 1 aliphatic rings. The van der Waals surface area contributed by atoms with E-state index in [0.29, 0.717) is 17.7 Å². The molecule has 1 heterocycles. The van der Waals surface area contributed by atoms with Gasteiger partial charge in [0.1, 0.15) is 0 Å². The van der Waals surface area contributed by atoms with Crippen molar-refractivity contribution < 1.29 is 4.79 Å². The molecule has 1 unspecified atom stereocenters. The Bertz CT molecular complexity index is 270. The molecule has 1 amide bonds. The summed E-state index contributed by atoms with van der Waals surface area (Å²) in [5.74, 6) is 0.919. The summed E-state index contributed by atoms with van der Waals surface area (Å²) in [5.41, 5.74) is 0. The highest BCUT2D eigenvalue weighted by Gasteiger charge is 2.22. The van der Waals surface area contributed by atoms with E-state index < -0.39 is 0 Å². The molecule has 19 heavy (non-hydrogen) atoms. The van der Waals surface area contributed by atoms with E-state index in [9.17, 15) is 4.79 Å². The van der Waals surface area contributed by atoms with Gasteiger partial charge in [0.2, 0.25) is 5.91 Å². The average molecular weight is 286 g/mol. The second kappa shape index (κ2) is 8.15. The summed E-state index contributed by atoms with van der Waals surface area (Å²) >= 11 is 1.75. The third kappa shape index (κ3) is 7.21. The van der Waals surface area contributed by atoms with E-state index in [0.717, 1.165) is 32.5 Å². The standard InChI is InChI=1S/C15H30N2OS/c1-5-6-10-17(11-13-8-7-9-16-13)14(18)12-19-15(2,3)4/h13,16H,5-12H2,1-4H3. The highest BCUT2D eigenvalue weighted by molar-refractivity contribution is 8.01. The quantitative estimate of drug-likeness (QED) is 0.781. The summed E-state index contributed by atoms with van der Waals surface area (Å²) in [6, 6.07) is 0.514. The van der Waals surface area contributed by atoms with Crippen molar-refractivity contribution in [1.29, 1.82) is 0 Å². The molecule has 112 valence electrons. The summed E-state index contributed by atoms with van der Waals surface area (Å²) < 4.78 is 0.164. The van der Waals surface area contributed by atoms with Crippen molar-refractivity contribution in [2.24, 2.45) is 0 Å². The molecule has 0 radical (unpaired) electrons. The predicted molar refractivity (Wildman–Crippen MR) is 84.7 cm³/mol. The molecular weight excluding hydrogens is 256 g/mol. The van der Waals surface area contributed by atoms with Gasteiger partial charge in [-0.25, -0.2) is 0 Å². The minimum Gasteiger partial charge on any atom is -0.340 e. The van der Waals surface area contributed by atoms with Crippen molar-refractivity contribution in [3.63, 3.8) is 0 Å². The fourth-order valence-electron chi connectivity index (χ4n) is 2.21. The summed E-state index contributed by atoms with van der Waals surface area (Å²) in [6.45, 7) is 11.6. The fraction of sp³-hybridized carbons (Fsp3) is 0.933. The molecule has 0 aromatic rings. The van der Waals surface area contributed by atoms with Crippen LogP contribution in [-0.4, -0.2) is 47.0 Å². The molecule has 0 bridgehead atoms. The largest absolute Gasteiger partial charge is 0.340 e. The number of hydrogen-bond donors (Lipinski definition) is 1. The fourth-order valence-corrected chi connectivity index (χ4v) is 2.95. The first-order valence-electron chi connectivity index (χ1n) is 7.57. The second-order valence-corrected chi connectivity index (χ2v) is 8.19. The van der Waals surface area contributed by atoms with E-state index in [4.69, 9.17) is 0 Å². The molecule has 4 heteroatoms.